The van der Waals surface area contributed by atoms with Crippen molar-refractivity contribution >= 4 is 0 Å². The summed E-state index contributed by atoms with van der Waals surface area (Å²) in [6, 6.07) is 31.6. The van der Waals surface area contributed by atoms with Crippen molar-refractivity contribution in [3.63, 3.8) is 0 Å². The van der Waals surface area contributed by atoms with E-state index in [2.05, 4.69) is 95.9 Å². The highest BCUT2D eigenvalue weighted by molar-refractivity contribution is 5.47. The van der Waals surface area contributed by atoms with Gasteiger partial charge < -0.3 is 9.47 Å². The number of morpholine rings is 1. The summed E-state index contributed by atoms with van der Waals surface area (Å²) in [5.41, 5.74) is 2.81. The maximum Gasteiger partial charge on any atom is 0.143 e. The summed E-state index contributed by atoms with van der Waals surface area (Å²) in [4.78, 5) is 2.41. The van der Waals surface area contributed by atoms with Crippen molar-refractivity contribution in [2.75, 3.05) is 39.5 Å². The number of ether oxygens (including phenoxy) is 2. The SMILES string of the molecule is c1ccc(C(OCCN2CCOCC2)(c2ccccc2)c2ccccc2)cc1. The Balaban J connectivity index is 1.72. The van der Waals surface area contributed by atoms with Crippen LogP contribution in [0.1, 0.15) is 16.7 Å². The minimum absolute atomic E-state index is 0.629. The van der Waals surface area contributed by atoms with Gasteiger partial charge >= 0.3 is 0 Å². The van der Waals surface area contributed by atoms with Crippen LogP contribution in [0.2, 0.25) is 0 Å². The van der Waals surface area contributed by atoms with Crippen LogP contribution in [0.25, 0.3) is 0 Å². The predicted molar refractivity (Wildman–Crippen MR) is 112 cm³/mol. The molecule has 0 saturated carbocycles. The molecule has 144 valence electrons. The van der Waals surface area contributed by atoms with Crippen LogP contribution >= 0.6 is 0 Å². The van der Waals surface area contributed by atoms with E-state index in [-0.39, 0.29) is 0 Å². The van der Waals surface area contributed by atoms with Gasteiger partial charge in [0.15, 0.2) is 0 Å². The molecule has 1 fully saturated rings. The molecule has 0 aliphatic carbocycles. The van der Waals surface area contributed by atoms with E-state index in [0.29, 0.717) is 6.61 Å². The van der Waals surface area contributed by atoms with Gasteiger partial charge in [0.05, 0.1) is 19.8 Å². The highest BCUT2D eigenvalue weighted by atomic mass is 16.5. The molecule has 3 aromatic rings. The molecule has 0 N–H and O–H groups in total. The Morgan fingerprint density at radius 3 is 1.54 bits per heavy atom. The van der Waals surface area contributed by atoms with E-state index in [1.165, 1.54) is 0 Å². The summed E-state index contributed by atoms with van der Waals surface area (Å²) < 4.78 is 12.3. The van der Waals surface area contributed by atoms with Crippen LogP contribution in [0.15, 0.2) is 91.0 Å². The van der Waals surface area contributed by atoms with Crippen molar-refractivity contribution in [3.8, 4) is 0 Å². The summed E-state index contributed by atoms with van der Waals surface area (Å²) in [6.07, 6.45) is 0. The van der Waals surface area contributed by atoms with Gasteiger partial charge in [-0.15, -0.1) is 0 Å². The quantitative estimate of drug-likeness (QED) is 0.576. The normalized spacial score (nSPS) is 15.4. The van der Waals surface area contributed by atoms with E-state index in [1.54, 1.807) is 0 Å². The smallest absolute Gasteiger partial charge is 0.143 e. The summed E-state index contributed by atoms with van der Waals surface area (Å²) in [7, 11) is 0. The first-order chi connectivity index (χ1) is 13.9. The van der Waals surface area contributed by atoms with Crippen LogP contribution < -0.4 is 0 Å². The molecule has 1 aliphatic rings. The lowest BCUT2D eigenvalue weighted by Crippen LogP contribution is -2.40. The summed E-state index contributed by atoms with van der Waals surface area (Å²) >= 11 is 0. The van der Waals surface area contributed by atoms with Gasteiger partial charge in [0, 0.05) is 19.6 Å². The highest BCUT2D eigenvalue weighted by Crippen LogP contribution is 2.40. The summed E-state index contributed by atoms with van der Waals surface area (Å²) in [6.45, 7) is 5.11. The molecule has 0 unspecified atom stereocenters. The minimum atomic E-state index is -0.629. The average Bonchev–Trinajstić information content (AvgIpc) is 2.79. The topological polar surface area (TPSA) is 21.7 Å². The Bertz CT molecular complexity index is 734. The molecule has 0 amide bonds. The zero-order valence-corrected chi connectivity index (χ0v) is 16.2. The van der Waals surface area contributed by atoms with Crippen LogP contribution in [0.3, 0.4) is 0 Å². The van der Waals surface area contributed by atoms with Crippen LogP contribution in [0.5, 0.6) is 0 Å². The molecule has 0 spiro atoms. The zero-order valence-electron chi connectivity index (χ0n) is 16.2. The van der Waals surface area contributed by atoms with Crippen LogP contribution in [-0.2, 0) is 15.1 Å². The molecule has 28 heavy (non-hydrogen) atoms. The lowest BCUT2D eigenvalue weighted by molar-refractivity contribution is -0.0188. The van der Waals surface area contributed by atoms with Crippen molar-refractivity contribution in [1.29, 1.82) is 0 Å². The first-order valence-corrected chi connectivity index (χ1v) is 10.0. The number of rotatable bonds is 7. The fraction of sp³-hybridized carbons (Fsp3) is 0.280. The van der Waals surface area contributed by atoms with Crippen molar-refractivity contribution in [2.24, 2.45) is 0 Å². The van der Waals surface area contributed by atoms with Crippen LogP contribution in [0, 0.1) is 0 Å². The van der Waals surface area contributed by atoms with Crippen molar-refractivity contribution in [1.82, 2.24) is 4.90 Å². The van der Waals surface area contributed by atoms with Crippen molar-refractivity contribution in [3.05, 3.63) is 108 Å². The molecule has 4 rings (SSSR count). The molecule has 3 heteroatoms. The minimum Gasteiger partial charge on any atom is -0.379 e. The Morgan fingerprint density at radius 1 is 0.679 bits per heavy atom. The van der Waals surface area contributed by atoms with Crippen molar-refractivity contribution < 1.29 is 9.47 Å². The summed E-state index contributed by atoms with van der Waals surface area (Å²) in [5, 5.41) is 0. The van der Waals surface area contributed by atoms with E-state index in [0.717, 1.165) is 49.5 Å². The Morgan fingerprint density at radius 2 is 1.11 bits per heavy atom. The van der Waals surface area contributed by atoms with Gasteiger partial charge in [-0.2, -0.15) is 0 Å². The van der Waals surface area contributed by atoms with Crippen molar-refractivity contribution in [2.45, 2.75) is 5.60 Å². The molecule has 0 aromatic heterocycles. The first-order valence-electron chi connectivity index (χ1n) is 10.0. The third kappa shape index (κ3) is 4.02. The van der Waals surface area contributed by atoms with Gasteiger partial charge in [-0.05, 0) is 16.7 Å². The average molecular weight is 373 g/mol. The zero-order chi connectivity index (χ0) is 19.1. The second-order valence-electron chi connectivity index (χ2n) is 7.08. The lowest BCUT2D eigenvalue weighted by atomic mass is 9.80. The second-order valence-corrected chi connectivity index (χ2v) is 7.08. The van der Waals surface area contributed by atoms with E-state index in [4.69, 9.17) is 9.47 Å². The van der Waals surface area contributed by atoms with E-state index in [9.17, 15) is 0 Å². The van der Waals surface area contributed by atoms with E-state index in [1.807, 2.05) is 0 Å². The fourth-order valence-corrected chi connectivity index (χ4v) is 3.92. The molecule has 0 bridgehead atoms. The molecule has 1 aliphatic heterocycles. The Hall–Kier alpha value is -2.46. The molecule has 3 aromatic carbocycles. The van der Waals surface area contributed by atoms with E-state index < -0.39 is 5.60 Å². The van der Waals surface area contributed by atoms with E-state index >= 15 is 0 Å². The van der Waals surface area contributed by atoms with Gasteiger partial charge in [0.2, 0.25) is 0 Å². The standard InChI is InChI=1S/C25H27NO2/c1-4-10-22(11-5-1)25(23-12-6-2-7-13-23,24-14-8-3-9-15-24)28-21-18-26-16-19-27-20-17-26/h1-15H,16-21H2. The third-order valence-corrected chi connectivity index (χ3v) is 5.37. The number of nitrogens with zero attached hydrogens (tertiary/aromatic N) is 1. The van der Waals surface area contributed by atoms with Gasteiger partial charge in [-0.1, -0.05) is 91.0 Å². The lowest BCUT2D eigenvalue weighted by Gasteiger charge is -2.37. The van der Waals surface area contributed by atoms with Gasteiger partial charge in [0.1, 0.15) is 5.60 Å². The van der Waals surface area contributed by atoms with Gasteiger partial charge in [-0.25, -0.2) is 0 Å². The fourth-order valence-electron chi connectivity index (χ4n) is 3.92. The Labute approximate surface area is 167 Å². The molecular formula is C25H27NO2. The monoisotopic (exact) mass is 373 g/mol. The third-order valence-electron chi connectivity index (χ3n) is 5.37. The van der Waals surface area contributed by atoms with Gasteiger partial charge in [0.25, 0.3) is 0 Å². The Kier molecular flexibility index (Phi) is 6.17. The molecule has 0 atom stereocenters. The largest absolute Gasteiger partial charge is 0.379 e. The van der Waals surface area contributed by atoms with Gasteiger partial charge in [-0.3, -0.25) is 4.90 Å². The van der Waals surface area contributed by atoms with Crippen LogP contribution in [-0.4, -0.2) is 44.4 Å². The van der Waals surface area contributed by atoms with Crippen LogP contribution in [0.4, 0.5) is 0 Å². The molecule has 1 heterocycles. The second kappa shape index (κ2) is 9.16. The molecular weight excluding hydrogens is 346 g/mol. The predicted octanol–water partition coefficient (Wildman–Crippen LogP) is 4.33. The maximum atomic E-state index is 6.81. The molecule has 0 radical (unpaired) electrons. The molecule has 1 saturated heterocycles. The highest BCUT2D eigenvalue weighted by Gasteiger charge is 2.37. The number of benzene rings is 3. The molecule has 3 nitrogen and oxygen atoms in total. The maximum absolute atomic E-state index is 6.81. The number of hydrogen-bond acceptors (Lipinski definition) is 3. The summed E-state index contributed by atoms with van der Waals surface area (Å²) in [5.74, 6) is 0. The first kappa shape index (κ1) is 18.9. The number of hydrogen-bond donors (Lipinski definition) is 0.